The van der Waals surface area contributed by atoms with Crippen molar-refractivity contribution in [2.45, 2.75) is 24.9 Å². The Hall–Kier alpha value is -0.140. The van der Waals surface area contributed by atoms with Crippen molar-refractivity contribution in [2.75, 3.05) is 6.54 Å². The number of nitrogens with one attached hydrogen (secondary N) is 1. The SMILES string of the molecule is O=C(NCC1(O)CCC1)c1cc(I)ccc1Br. The smallest absolute Gasteiger partial charge is 0.252 e. The molecule has 0 atom stereocenters. The molecular formula is C12H13BrINO2. The Morgan fingerprint density at radius 1 is 1.53 bits per heavy atom. The van der Waals surface area contributed by atoms with Gasteiger partial charge in [-0.05, 0) is 76.0 Å². The lowest BCUT2D eigenvalue weighted by Gasteiger charge is -2.36. The zero-order valence-electron chi connectivity index (χ0n) is 9.17. The summed E-state index contributed by atoms with van der Waals surface area (Å²) in [7, 11) is 0. The van der Waals surface area contributed by atoms with E-state index in [0.717, 1.165) is 27.3 Å². The fourth-order valence-electron chi connectivity index (χ4n) is 1.77. The summed E-state index contributed by atoms with van der Waals surface area (Å²) >= 11 is 5.52. The predicted octanol–water partition coefficient (Wildman–Crippen LogP) is 2.70. The molecule has 1 aliphatic rings. The van der Waals surface area contributed by atoms with Crippen LogP contribution in [0, 0.1) is 3.57 Å². The lowest BCUT2D eigenvalue weighted by atomic mass is 9.80. The maximum atomic E-state index is 11.9. The highest BCUT2D eigenvalue weighted by Crippen LogP contribution is 2.30. The van der Waals surface area contributed by atoms with Gasteiger partial charge < -0.3 is 10.4 Å². The van der Waals surface area contributed by atoms with Crippen LogP contribution < -0.4 is 5.32 Å². The van der Waals surface area contributed by atoms with Gasteiger partial charge in [-0.15, -0.1) is 0 Å². The Labute approximate surface area is 122 Å². The Morgan fingerprint density at radius 2 is 2.24 bits per heavy atom. The van der Waals surface area contributed by atoms with Gasteiger partial charge in [-0.3, -0.25) is 4.79 Å². The Morgan fingerprint density at radius 3 is 2.82 bits per heavy atom. The van der Waals surface area contributed by atoms with E-state index in [9.17, 15) is 9.90 Å². The van der Waals surface area contributed by atoms with Gasteiger partial charge in [0, 0.05) is 14.6 Å². The predicted molar refractivity (Wildman–Crippen MR) is 78.0 cm³/mol. The first-order valence-electron chi connectivity index (χ1n) is 5.46. The second kappa shape index (κ2) is 5.24. The fraction of sp³-hybridized carbons (Fsp3) is 0.417. The molecule has 0 unspecified atom stereocenters. The van der Waals surface area contributed by atoms with Crippen molar-refractivity contribution >= 4 is 44.4 Å². The molecule has 1 aromatic carbocycles. The maximum absolute atomic E-state index is 11.9. The number of carbonyl (C=O) groups is 1. The van der Waals surface area contributed by atoms with Crippen molar-refractivity contribution in [1.29, 1.82) is 0 Å². The minimum absolute atomic E-state index is 0.143. The first-order chi connectivity index (χ1) is 8.00. The summed E-state index contributed by atoms with van der Waals surface area (Å²) in [5.41, 5.74) is -0.0656. The molecule has 0 saturated heterocycles. The van der Waals surface area contributed by atoms with Crippen LogP contribution in [-0.4, -0.2) is 23.2 Å². The van der Waals surface area contributed by atoms with Gasteiger partial charge >= 0.3 is 0 Å². The molecule has 3 nitrogen and oxygen atoms in total. The lowest BCUT2D eigenvalue weighted by molar-refractivity contribution is -0.0300. The monoisotopic (exact) mass is 409 g/mol. The van der Waals surface area contributed by atoms with Crippen molar-refractivity contribution in [2.24, 2.45) is 0 Å². The number of halogens is 2. The molecule has 5 heteroatoms. The van der Waals surface area contributed by atoms with E-state index in [1.165, 1.54) is 0 Å². The number of aliphatic hydroxyl groups is 1. The average Bonchev–Trinajstić information content (AvgIpc) is 2.26. The van der Waals surface area contributed by atoms with E-state index in [1.54, 1.807) is 0 Å². The molecule has 1 amide bonds. The van der Waals surface area contributed by atoms with Gasteiger partial charge in [0.15, 0.2) is 0 Å². The van der Waals surface area contributed by atoms with E-state index < -0.39 is 5.60 Å². The van der Waals surface area contributed by atoms with E-state index >= 15 is 0 Å². The second-order valence-electron chi connectivity index (χ2n) is 4.38. The van der Waals surface area contributed by atoms with Gasteiger partial charge in [0.05, 0.1) is 11.2 Å². The standard InChI is InChI=1S/C12H13BrINO2/c13-10-3-2-8(14)6-9(10)11(16)15-7-12(17)4-1-5-12/h2-3,6,17H,1,4-5,7H2,(H,15,16). The molecule has 0 spiro atoms. The van der Waals surface area contributed by atoms with Gasteiger partial charge in [0.2, 0.25) is 0 Å². The van der Waals surface area contributed by atoms with E-state index in [2.05, 4.69) is 43.8 Å². The summed E-state index contributed by atoms with van der Waals surface area (Å²) in [6.45, 7) is 0.337. The van der Waals surface area contributed by atoms with Gasteiger partial charge in [-0.25, -0.2) is 0 Å². The van der Waals surface area contributed by atoms with Crippen LogP contribution in [0.1, 0.15) is 29.6 Å². The number of carbonyl (C=O) groups excluding carboxylic acids is 1. The summed E-state index contributed by atoms with van der Waals surface area (Å²) in [5.74, 6) is -0.143. The van der Waals surface area contributed by atoms with Gasteiger partial charge in [-0.1, -0.05) is 0 Å². The minimum Gasteiger partial charge on any atom is -0.388 e. The second-order valence-corrected chi connectivity index (χ2v) is 6.48. The van der Waals surface area contributed by atoms with Crippen LogP contribution >= 0.6 is 38.5 Å². The molecule has 2 N–H and O–H groups in total. The van der Waals surface area contributed by atoms with Crippen LogP contribution in [0.3, 0.4) is 0 Å². The van der Waals surface area contributed by atoms with Crippen LogP contribution in [0.4, 0.5) is 0 Å². The Kier molecular flexibility index (Phi) is 4.10. The highest BCUT2D eigenvalue weighted by Gasteiger charge is 2.34. The molecule has 1 aliphatic carbocycles. The molecule has 1 aromatic rings. The maximum Gasteiger partial charge on any atom is 0.252 e. The topological polar surface area (TPSA) is 49.3 Å². The van der Waals surface area contributed by atoms with E-state index in [0.29, 0.717) is 12.1 Å². The molecule has 2 rings (SSSR count). The highest BCUT2D eigenvalue weighted by atomic mass is 127. The van der Waals surface area contributed by atoms with Gasteiger partial charge in [0.1, 0.15) is 0 Å². The number of benzene rings is 1. The molecule has 0 bridgehead atoms. The number of amides is 1. The normalized spacial score (nSPS) is 17.4. The number of hydrogen-bond donors (Lipinski definition) is 2. The molecule has 0 aromatic heterocycles. The Bertz CT molecular complexity index is 446. The van der Waals surface area contributed by atoms with Crippen molar-refractivity contribution in [1.82, 2.24) is 5.32 Å². The van der Waals surface area contributed by atoms with Gasteiger partial charge in [0.25, 0.3) is 5.91 Å². The van der Waals surface area contributed by atoms with E-state index in [1.807, 2.05) is 18.2 Å². The molecule has 1 fully saturated rings. The Balaban J connectivity index is 2.01. The van der Waals surface area contributed by atoms with Crippen LogP contribution in [-0.2, 0) is 0 Å². The van der Waals surface area contributed by atoms with E-state index in [4.69, 9.17) is 0 Å². The highest BCUT2D eigenvalue weighted by molar-refractivity contribution is 14.1. The van der Waals surface area contributed by atoms with Crippen molar-refractivity contribution in [3.8, 4) is 0 Å². The summed E-state index contributed by atoms with van der Waals surface area (Å²) in [6.07, 6.45) is 2.60. The van der Waals surface area contributed by atoms with Gasteiger partial charge in [-0.2, -0.15) is 0 Å². The zero-order valence-corrected chi connectivity index (χ0v) is 12.9. The summed E-state index contributed by atoms with van der Waals surface area (Å²) in [5, 5.41) is 12.7. The van der Waals surface area contributed by atoms with Crippen LogP contribution in [0.2, 0.25) is 0 Å². The summed E-state index contributed by atoms with van der Waals surface area (Å²) in [6, 6.07) is 5.61. The number of rotatable bonds is 3. The van der Waals surface area contributed by atoms with Crippen LogP contribution in [0.5, 0.6) is 0 Å². The molecular weight excluding hydrogens is 397 g/mol. The molecule has 0 heterocycles. The zero-order chi connectivity index (χ0) is 12.5. The fourth-order valence-corrected chi connectivity index (χ4v) is 2.69. The number of hydrogen-bond acceptors (Lipinski definition) is 2. The average molecular weight is 410 g/mol. The third-order valence-corrected chi connectivity index (χ3v) is 4.40. The first-order valence-corrected chi connectivity index (χ1v) is 7.33. The molecule has 0 radical (unpaired) electrons. The minimum atomic E-state index is -0.677. The van der Waals surface area contributed by atoms with Crippen molar-refractivity contribution in [3.63, 3.8) is 0 Å². The first kappa shape index (κ1) is 13.3. The van der Waals surface area contributed by atoms with Crippen molar-refractivity contribution < 1.29 is 9.90 Å². The molecule has 17 heavy (non-hydrogen) atoms. The lowest BCUT2D eigenvalue weighted by Crippen LogP contribution is -2.47. The molecule has 0 aliphatic heterocycles. The summed E-state index contributed by atoms with van der Waals surface area (Å²) < 4.78 is 1.79. The van der Waals surface area contributed by atoms with Crippen LogP contribution in [0.25, 0.3) is 0 Å². The third-order valence-electron chi connectivity index (χ3n) is 3.04. The molecule has 92 valence electrons. The van der Waals surface area contributed by atoms with E-state index in [-0.39, 0.29) is 5.91 Å². The van der Waals surface area contributed by atoms with Crippen LogP contribution in [0.15, 0.2) is 22.7 Å². The largest absolute Gasteiger partial charge is 0.388 e. The summed E-state index contributed by atoms with van der Waals surface area (Å²) in [4.78, 5) is 11.9. The quantitative estimate of drug-likeness (QED) is 0.754. The molecule has 1 saturated carbocycles. The third kappa shape index (κ3) is 3.20. The van der Waals surface area contributed by atoms with Crippen molar-refractivity contribution in [3.05, 3.63) is 31.8 Å².